The summed E-state index contributed by atoms with van der Waals surface area (Å²) in [6.45, 7) is 0. The first-order valence-electron chi connectivity index (χ1n) is 4.75. The zero-order valence-corrected chi connectivity index (χ0v) is 13.4. The van der Waals surface area contributed by atoms with Gasteiger partial charge in [0.2, 0.25) is 0 Å². The maximum atomic E-state index is 12.1. The number of anilines is 1. The van der Waals surface area contributed by atoms with E-state index in [2.05, 4.69) is 25.8 Å². The molecule has 0 aliphatic rings. The predicted octanol–water partition coefficient (Wildman–Crippen LogP) is 2.57. The maximum absolute atomic E-state index is 12.1. The molecule has 6 nitrogen and oxygen atoms in total. The number of nitrogens with one attached hydrogen (secondary N) is 1. The lowest BCUT2D eigenvalue weighted by atomic mass is 10.4. The third-order valence-corrected chi connectivity index (χ3v) is 6.35. The van der Waals surface area contributed by atoms with Crippen molar-refractivity contribution >= 4 is 54.7 Å². The van der Waals surface area contributed by atoms with Crippen LogP contribution in [0.15, 0.2) is 20.3 Å². The summed E-state index contributed by atoms with van der Waals surface area (Å²) in [6, 6.07) is 3.19. The molecule has 2 heterocycles. The number of nitrogens with zero attached hydrogens (tertiary/aromatic N) is 3. The fourth-order valence-electron chi connectivity index (χ4n) is 1.28. The molecule has 0 unspecified atom stereocenters. The summed E-state index contributed by atoms with van der Waals surface area (Å²) < 4.78 is 28.4. The van der Waals surface area contributed by atoms with Crippen LogP contribution in [0.4, 0.5) is 5.82 Å². The minimum Gasteiger partial charge on any atom is -0.272 e. The van der Waals surface area contributed by atoms with E-state index >= 15 is 0 Å². The van der Waals surface area contributed by atoms with Crippen LogP contribution in [0.3, 0.4) is 0 Å². The van der Waals surface area contributed by atoms with Gasteiger partial charge in [0.15, 0.2) is 5.82 Å². The molecule has 0 saturated heterocycles. The van der Waals surface area contributed by atoms with Crippen molar-refractivity contribution in [3.05, 3.63) is 26.6 Å². The van der Waals surface area contributed by atoms with Crippen molar-refractivity contribution in [1.29, 1.82) is 5.26 Å². The molecule has 0 fully saturated rings. The SMILES string of the molecule is Cn1cc(C#N)c(NS(=O)(=O)c2cc(Cl)c(Br)s2)n1. The lowest BCUT2D eigenvalue weighted by molar-refractivity contribution is 0.602. The molecular formula is C9H6BrClN4O2S2. The second-order valence-corrected chi connectivity index (χ2v) is 8.16. The highest BCUT2D eigenvalue weighted by Gasteiger charge is 2.22. The summed E-state index contributed by atoms with van der Waals surface area (Å²) in [4.78, 5) is 0. The van der Waals surface area contributed by atoms with Gasteiger partial charge in [-0.15, -0.1) is 11.3 Å². The molecular weight excluding hydrogens is 376 g/mol. The van der Waals surface area contributed by atoms with Crippen LogP contribution in [-0.4, -0.2) is 18.2 Å². The lowest BCUT2D eigenvalue weighted by Gasteiger charge is -2.02. The first-order chi connectivity index (χ1) is 8.83. The fraction of sp³-hybridized carbons (Fsp3) is 0.111. The summed E-state index contributed by atoms with van der Waals surface area (Å²) in [5.41, 5.74) is 0.146. The van der Waals surface area contributed by atoms with E-state index in [0.717, 1.165) is 11.3 Å². The molecule has 100 valence electrons. The van der Waals surface area contributed by atoms with Crippen molar-refractivity contribution in [3.8, 4) is 6.07 Å². The molecule has 19 heavy (non-hydrogen) atoms. The van der Waals surface area contributed by atoms with Gasteiger partial charge in [-0.2, -0.15) is 10.4 Å². The molecule has 0 spiro atoms. The van der Waals surface area contributed by atoms with Crippen molar-refractivity contribution in [2.45, 2.75) is 4.21 Å². The van der Waals surface area contributed by atoms with Gasteiger partial charge in [-0.25, -0.2) is 8.42 Å². The molecule has 0 radical (unpaired) electrons. The van der Waals surface area contributed by atoms with Crippen LogP contribution in [0.2, 0.25) is 5.02 Å². The number of aryl methyl sites for hydroxylation is 1. The predicted molar refractivity (Wildman–Crippen MR) is 75.8 cm³/mol. The van der Waals surface area contributed by atoms with Crippen LogP contribution in [0, 0.1) is 11.3 Å². The number of hydrogen-bond acceptors (Lipinski definition) is 5. The topological polar surface area (TPSA) is 87.8 Å². The highest BCUT2D eigenvalue weighted by molar-refractivity contribution is 9.11. The Morgan fingerprint density at radius 3 is 2.84 bits per heavy atom. The van der Waals surface area contributed by atoms with Crippen LogP contribution in [0.1, 0.15) is 5.56 Å². The van der Waals surface area contributed by atoms with Gasteiger partial charge in [-0.05, 0) is 22.0 Å². The first-order valence-corrected chi connectivity index (χ1v) is 8.22. The van der Waals surface area contributed by atoms with Gasteiger partial charge in [-0.1, -0.05) is 11.6 Å². The van der Waals surface area contributed by atoms with Crippen molar-refractivity contribution in [2.24, 2.45) is 7.05 Å². The molecule has 0 bridgehead atoms. The van der Waals surface area contributed by atoms with E-state index < -0.39 is 10.0 Å². The van der Waals surface area contributed by atoms with E-state index in [0.29, 0.717) is 8.81 Å². The van der Waals surface area contributed by atoms with Crippen molar-refractivity contribution in [1.82, 2.24) is 9.78 Å². The Morgan fingerprint density at radius 1 is 1.63 bits per heavy atom. The molecule has 0 aliphatic carbocycles. The largest absolute Gasteiger partial charge is 0.272 e. The van der Waals surface area contributed by atoms with Gasteiger partial charge in [0.05, 0.1) is 8.81 Å². The second-order valence-electron chi connectivity index (χ2n) is 3.47. The molecule has 0 atom stereocenters. The van der Waals surface area contributed by atoms with Crippen LogP contribution < -0.4 is 4.72 Å². The maximum Gasteiger partial charge on any atom is 0.272 e. The third-order valence-electron chi connectivity index (χ3n) is 2.07. The Morgan fingerprint density at radius 2 is 2.32 bits per heavy atom. The zero-order valence-electron chi connectivity index (χ0n) is 9.39. The number of hydrogen-bond donors (Lipinski definition) is 1. The monoisotopic (exact) mass is 380 g/mol. The summed E-state index contributed by atoms with van der Waals surface area (Å²) in [7, 11) is -2.21. The summed E-state index contributed by atoms with van der Waals surface area (Å²) in [5.74, 6) is -0.00866. The molecule has 2 aromatic rings. The molecule has 10 heteroatoms. The molecule has 2 aromatic heterocycles. The van der Waals surface area contributed by atoms with Gasteiger partial charge in [0.25, 0.3) is 10.0 Å². The minimum atomic E-state index is -3.81. The van der Waals surface area contributed by atoms with Gasteiger partial charge in [0, 0.05) is 13.2 Å². The second kappa shape index (κ2) is 5.13. The first kappa shape index (κ1) is 14.3. The smallest absolute Gasteiger partial charge is 0.272 e. The molecule has 1 N–H and O–H groups in total. The number of nitriles is 1. The van der Waals surface area contributed by atoms with Gasteiger partial charge < -0.3 is 0 Å². The van der Waals surface area contributed by atoms with Crippen LogP contribution in [0.25, 0.3) is 0 Å². The Balaban J connectivity index is 2.39. The minimum absolute atomic E-state index is 0.00866. The number of thiophene rings is 1. The average Bonchev–Trinajstić information content (AvgIpc) is 2.83. The van der Waals surface area contributed by atoms with E-state index in [4.69, 9.17) is 16.9 Å². The van der Waals surface area contributed by atoms with Crippen molar-refractivity contribution in [3.63, 3.8) is 0 Å². The van der Waals surface area contributed by atoms with E-state index in [-0.39, 0.29) is 15.6 Å². The number of sulfonamides is 1. The number of halogens is 2. The van der Waals surface area contributed by atoms with Gasteiger partial charge in [-0.3, -0.25) is 9.40 Å². The Kier molecular flexibility index (Phi) is 3.87. The van der Waals surface area contributed by atoms with E-state index in [1.54, 1.807) is 7.05 Å². The van der Waals surface area contributed by atoms with E-state index in [1.807, 2.05) is 6.07 Å². The normalized spacial score (nSPS) is 11.3. The lowest BCUT2D eigenvalue weighted by Crippen LogP contribution is -2.12. The average molecular weight is 382 g/mol. The summed E-state index contributed by atoms with van der Waals surface area (Å²) in [5, 5.41) is 13.1. The summed E-state index contributed by atoms with van der Waals surface area (Å²) in [6.07, 6.45) is 1.43. The molecule has 0 saturated carbocycles. The van der Waals surface area contributed by atoms with E-state index in [1.165, 1.54) is 16.9 Å². The number of rotatable bonds is 3. The Labute approximate surface area is 126 Å². The quantitative estimate of drug-likeness (QED) is 0.885. The molecule has 0 amide bonds. The molecule has 0 aliphatic heterocycles. The van der Waals surface area contributed by atoms with E-state index in [9.17, 15) is 8.42 Å². The molecule has 0 aromatic carbocycles. The van der Waals surface area contributed by atoms with Crippen LogP contribution in [-0.2, 0) is 17.1 Å². The van der Waals surface area contributed by atoms with Crippen LogP contribution in [0.5, 0.6) is 0 Å². The molecule has 2 rings (SSSR count). The fourth-order valence-corrected chi connectivity index (χ4v) is 4.70. The highest BCUT2D eigenvalue weighted by atomic mass is 79.9. The standard InChI is InChI=1S/C9H6BrClN4O2S2/c1-15-4-5(3-12)9(13-15)14-19(16,17)7-2-6(11)8(10)18-7/h2,4H,1H3,(H,13,14). The Bertz CT molecular complexity index is 755. The zero-order chi connectivity index (χ0) is 14.2. The Hall–Kier alpha value is -1.08. The highest BCUT2D eigenvalue weighted by Crippen LogP contribution is 2.35. The van der Waals surface area contributed by atoms with Crippen molar-refractivity contribution < 1.29 is 8.42 Å². The summed E-state index contributed by atoms with van der Waals surface area (Å²) >= 11 is 9.93. The number of aromatic nitrogens is 2. The van der Waals surface area contributed by atoms with Crippen molar-refractivity contribution in [2.75, 3.05) is 4.72 Å². The van der Waals surface area contributed by atoms with Gasteiger partial charge in [0.1, 0.15) is 15.8 Å². The van der Waals surface area contributed by atoms with Gasteiger partial charge >= 0.3 is 0 Å². The third kappa shape index (κ3) is 2.92. The van der Waals surface area contributed by atoms with Crippen LogP contribution >= 0.6 is 38.9 Å².